The van der Waals surface area contributed by atoms with Gasteiger partial charge in [0, 0.05) is 19.8 Å². The van der Waals surface area contributed by atoms with Crippen molar-refractivity contribution in [3.05, 3.63) is 0 Å². The first-order valence-corrected chi connectivity index (χ1v) is 5.17. The smallest absolute Gasteiger partial charge is 0.394 e. The average molecular weight is 253 g/mol. The molecule has 8 N–H and O–H groups in total. The number of aliphatic hydroxyl groups is 3. The van der Waals surface area contributed by atoms with Crippen LogP contribution in [0.1, 0.15) is 20.8 Å². The number of hydrogen-bond donors (Lipinski definition) is 6. The minimum atomic E-state index is -4.67. The van der Waals surface area contributed by atoms with Crippen molar-refractivity contribution < 1.29 is 32.8 Å². The molecule has 0 aromatic carbocycles. The third-order valence-corrected chi connectivity index (χ3v) is 0. The molecule has 0 unspecified atom stereocenters. The molecule has 0 bridgehead atoms. The third-order valence-electron chi connectivity index (χ3n) is 0. The summed E-state index contributed by atoms with van der Waals surface area (Å²) in [5.41, 5.74) is 0. The van der Waals surface area contributed by atoms with Crippen LogP contribution in [0.25, 0.3) is 0 Å². The second-order valence-electron chi connectivity index (χ2n) is 1.40. The van der Waals surface area contributed by atoms with Crippen LogP contribution in [0.5, 0.6) is 0 Å². The standard InChI is InChI=1S/3C2H6O.H3N.H2O4S/c3*1-2-3;;1-5(2,3)4/h3*3H,2H2,1H3;1H3;(H2,1,2,3,4). The predicted octanol–water partition coefficient (Wildman–Crippen LogP) is -0.495. The van der Waals surface area contributed by atoms with Gasteiger partial charge in [0.15, 0.2) is 0 Å². The molecule has 0 fully saturated rings. The molecular weight excluding hydrogens is 230 g/mol. The summed E-state index contributed by atoms with van der Waals surface area (Å²) in [4.78, 5) is 0. The minimum absolute atomic E-state index is 0. The molecule has 0 aliphatic rings. The summed E-state index contributed by atoms with van der Waals surface area (Å²) in [5.74, 6) is 0. The summed E-state index contributed by atoms with van der Waals surface area (Å²) in [7, 11) is -4.67. The Morgan fingerprint density at radius 3 is 0.800 bits per heavy atom. The van der Waals surface area contributed by atoms with Crippen molar-refractivity contribution in [1.29, 1.82) is 0 Å². The lowest BCUT2D eigenvalue weighted by molar-refractivity contribution is 0.318. The van der Waals surface area contributed by atoms with Crippen LogP contribution >= 0.6 is 0 Å². The summed E-state index contributed by atoms with van der Waals surface area (Å²) in [5, 5.41) is 22.7. The van der Waals surface area contributed by atoms with Gasteiger partial charge in [-0.15, -0.1) is 0 Å². The van der Waals surface area contributed by atoms with Crippen molar-refractivity contribution in [2.24, 2.45) is 0 Å². The van der Waals surface area contributed by atoms with Crippen molar-refractivity contribution >= 4 is 10.4 Å². The first-order chi connectivity index (χ1) is 6.24. The van der Waals surface area contributed by atoms with Crippen LogP contribution in [0.2, 0.25) is 0 Å². The Morgan fingerprint density at radius 1 is 0.800 bits per heavy atom. The van der Waals surface area contributed by atoms with Gasteiger partial charge in [-0.1, -0.05) is 0 Å². The maximum absolute atomic E-state index is 8.74. The molecule has 100 valence electrons. The molecule has 0 atom stereocenters. The maximum Gasteiger partial charge on any atom is 0.394 e. The lowest BCUT2D eigenvalue weighted by atomic mass is 10.9. The monoisotopic (exact) mass is 253 g/mol. The van der Waals surface area contributed by atoms with Gasteiger partial charge in [0.2, 0.25) is 0 Å². The van der Waals surface area contributed by atoms with E-state index in [0.29, 0.717) is 0 Å². The molecular formula is C6H23NO7S. The van der Waals surface area contributed by atoms with Gasteiger partial charge >= 0.3 is 10.4 Å². The zero-order valence-corrected chi connectivity index (χ0v) is 10.1. The van der Waals surface area contributed by atoms with E-state index >= 15 is 0 Å². The highest BCUT2D eigenvalue weighted by Gasteiger charge is 1.84. The summed E-state index contributed by atoms with van der Waals surface area (Å²) in [6.07, 6.45) is 0. The zero-order chi connectivity index (χ0) is 12.6. The SMILES string of the molecule is CCO.CCO.CCO.N.O=S(=O)(O)O. The molecule has 0 radical (unpaired) electrons. The fourth-order valence-electron chi connectivity index (χ4n) is 0. The van der Waals surface area contributed by atoms with Crippen LogP contribution in [0, 0.1) is 0 Å². The normalized spacial score (nSPS) is 7.47. The highest BCUT2D eigenvalue weighted by molar-refractivity contribution is 7.79. The highest BCUT2D eigenvalue weighted by atomic mass is 32.3. The van der Waals surface area contributed by atoms with Gasteiger partial charge in [0.25, 0.3) is 0 Å². The van der Waals surface area contributed by atoms with Crippen LogP contribution in [0.3, 0.4) is 0 Å². The molecule has 0 aliphatic carbocycles. The first kappa shape index (κ1) is 29.3. The lowest BCUT2D eigenvalue weighted by Gasteiger charge is -1.68. The minimum Gasteiger partial charge on any atom is -0.397 e. The number of hydrogen-bond acceptors (Lipinski definition) is 6. The summed E-state index contributed by atoms with van der Waals surface area (Å²) in [6, 6.07) is 0. The van der Waals surface area contributed by atoms with E-state index in [-0.39, 0.29) is 26.0 Å². The molecule has 0 rings (SSSR count). The van der Waals surface area contributed by atoms with Crippen LogP contribution in [-0.4, -0.2) is 52.7 Å². The molecule has 0 saturated heterocycles. The molecule has 0 aromatic heterocycles. The van der Waals surface area contributed by atoms with Gasteiger partial charge in [-0.05, 0) is 20.8 Å². The van der Waals surface area contributed by atoms with Gasteiger partial charge < -0.3 is 21.5 Å². The van der Waals surface area contributed by atoms with E-state index in [2.05, 4.69) is 0 Å². The molecule has 15 heavy (non-hydrogen) atoms. The van der Waals surface area contributed by atoms with Gasteiger partial charge in [-0.2, -0.15) is 8.42 Å². The van der Waals surface area contributed by atoms with E-state index in [1.54, 1.807) is 20.8 Å². The van der Waals surface area contributed by atoms with Gasteiger partial charge in [-0.25, -0.2) is 0 Å². The Morgan fingerprint density at radius 2 is 0.800 bits per heavy atom. The van der Waals surface area contributed by atoms with E-state index in [1.807, 2.05) is 0 Å². The maximum atomic E-state index is 8.74. The molecule has 0 aliphatic heterocycles. The zero-order valence-electron chi connectivity index (χ0n) is 9.29. The Kier molecular flexibility index (Phi) is 57.1. The van der Waals surface area contributed by atoms with E-state index in [9.17, 15) is 0 Å². The summed E-state index contributed by atoms with van der Waals surface area (Å²) in [6.45, 7) is 5.79. The van der Waals surface area contributed by atoms with Crippen LogP contribution in [0.15, 0.2) is 0 Å². The largest absolute Gasteiger partial charge is 0.397 e. The third kappa shape index (κ3) is 22400. The Balaban J connectivity index is -0.0000000300. The fourth-order valence-corrected chi connectivity index (χ4v) is 0. The van der Waals surface area contributed by atoms with Crippen molar-refractivity contribution in [1.82, 2.24) is 6.15 Å². The Hall–Kier alpha value is -0.290. The van der Waals surface area contributed by atoms with Gasteiger partial charge in [-0.3, -0.25) is 9.11 Å². The summed E-state index contributed by atoms with van der Waals surface area (Å²) >= 11 is 0. The van der Waals surface area contributed by atoms with Crippen LogP contribution < -0.4 is 6.15 Å². The Labute approximate surface area is 90.7 Å². The summed E-state index contributed by atoms with van der Waals surface area (Å²) < 4.78 is 31.6. The van der Waals surface area contributed by atoms with Gasteiger partial charge in [0.1, 0.15) is 0 Å². The van der Waals surface area contributed by atoms with E-state index in [1.165, 1.54) is 0 Å². The molecule has 0 amide bonds. The van der Waals surface area contributed by atoms with Crippen molar-refractivity contribution in [2.45, 2.75) is 20.8 Å². The second-order valence-corrected chi connectivity index (χ2v) is 2.29. The highest BCUT2D eigenvalue weighted by Crippen LogP contribution is 1.59. The fraction of sp³-hybridized carbons (Fsp3) is 1.00. The molecule has 8 nitrogen and oxygen atoms in total. The van der Waals surface area contributed by atoms with Crippen molar-refractivity contribution in [3.8, 4) is 0 Å². The van der Waals surface area contributed by atoms with Crippen molar-refractivity contribution in [3.63, 3.8) is 0 Å². The quantitative estimate of drug-likeness (QED) is 0.314. The average Bonchev–Trinajstić information content (AvgIpc) is 1.86. The topological polar surface area (TPSA) is 170 Å². The number of rotatable bonds is 0. The second kappa shape index (κ2) is 29.2. The van der Waals surface area contributed by atoms with Crippen molar-refractivity contribution in [2.75, 3.05) is 19.8 Å². The molecule has 0 heterocycles. The molecule has 0 saturated carbocycles. The van der Waals surface area contributed by atoms with Crippen LogP contribution in [0.4, 0.5) is 0 Å². The van der Waals surface area contributed by atoms with E-state index in [4.69, 9.17) is 32.8 Å². The molecule has 0 spiro atoms. The van der Waals surface area contributed by atoms with E-state index in [0.717, 1.165) is 0 Å². The Bertz CT molecular complexity index is 135. The lowest BCUT2D eigenvalue weighted by Crippen LogP contribution is -1.89. The molecule has 0 aromatic rings. The molecule has 9 heteroatoms. The predicted molar refractivity (Wildman–Crippen MR) is 57.5 cm³/mol. The number of aliphatic hydroxyl groups excluding tert-OH is 3. The van der Waals surface area contributed by atoms with Crippen LogP contribution in [-0.2, 0) is 10.4 Å². The van der Waals surface area contributed by atoms with E-state index < -0.39 is 10.4 Å². The first-order valence-electron chi connectivity index (χ1n) is 3.77. The van der Waals surface area contributed by atoms with Gasteiger partial charge in [0.05, 0.1) is 0 Å².